The number of aromatic nitrogens is 1. The van der Waals surface area contributed by atoms with Crippen LogP contribution in [0.1, 0.15) is 24.8 Å². The number of nitrogens with zero attached hydrogens (tertiary/aromatic N) is 3. The molecule has 0 aliphatic heterocycles. The van der Waals surface area contributed by atoms with Gasteiger partial charge < -0.3 is 25.8 Å². The summed E-state index contributed by atoms with van der Waals surface area (Å²) < 4.78 is 32.9. The summed E-state index contributed by atoms with van der Waals surface area (Å²) in [4.78, 5) is 46.7. The molecule has 0 aliphatic rings. The first-order valence-electron chi connectivity index (χ1n) is 13.7. The molecule has 3 aromatic rings. The maximum Gasteiger partial charge on any atom is 0.412 e. The highest BCUT2D eigenvalue weighted by Gasteiger charge is 2.22. The fraction of sp³-hybridized carbons (Fsp3) is 0.345. The number of likely N-dealkylation sites (N-methyl/N-ethyl adjacent to an activating group) is 1. The number of guanidine groups is 1. The number of amides is 4. The van der Waals surface area contributed by atoms with Crippen molar-refractivity contribution in [2.75, 3.05) is 38.7 Å². The molecule has 1 aromatic heterocycles. The molecule has 0 radical (unpaired) electrons. The number of anilines is 1. The van der Waals surface area contributed by atoms with Crippen molar-refractivity contribution in [1.29, 1.82) is 0 Å². The van der Waals surface area contributed by atoms with Crippen molar-refractivity contribution >= 4 is 52.2 Å². The van der Waals surface area contributed by atoms with E-state index in [1.54, 1.807) is 19.2 Å². The number of ether oxygens (including phenoxy) is 1. The number of aliphatic hydroxyl groups excluding tert-OH is 1. The van der Waals surface area contributed by atoms with E-state index < -0.39 is 29.8 Å². The number of aliphatic imine (C=N–C) groups is 1. The third-order valence-corrected chi connectivity index (χ3v) is 6.94. The van der Waals surface area contributed by atoms with Crippen molar-refractivity contribution < 1.29 is 33.0 Å². The van der Waals surface area contributed by atoms with Crippen molar-refractivity contribution in [3.63, 3.8) is 0 Å². The smallest absolute Gasteiger partial charge is 0.412 e. The summed E-state index contributed by atoms with van der Waals surface area (Å²) in [7, 11) is 1.56. The molecule has 0 saturated heterocycles. The Morgan fingerprint density at radius 1 is 1.18 bits per heavy atom. The Hall–Kier alpha value is -4.56. The van der Waals surface area contributed by atoms with E-state index in [-0.39, 0.29) is 61.9 Å². The number of aryl methyl sites for hydroxylation is 1. The number of carbonyl (C=O) groups is 3. The van der Waals surface area contributed by atoms with Gasteiger partial charge in [0.05, 0.1) is 17.7 Å². The third-order valence-electron chi connectivity index (χ3n) is 6.51. The van der Waals surface area contributed by atoms with E-state index in [2.05, 4.69) is 25.9 Å². The molecule has 0 unspecified atom stereocenters. The number of halogens is 3. The fourth-order valence-electron chi connectivity index (χ4n) is 4.19. The summed E-state index contributed by atoms with van der Waals surface area (Å²) in [5, 5.41) is 17.8. The van der Waals surface area contributed by atoms with Gasteiger partial charge in [-0.15, -0.1) is 0 Å². The highest BCUT2D eigenvalue weighted by atomic mass is 35.5. The highest BCUT2D eigenvalue weighted by molar-refractivity contribution is 6.31. The first kappa shape index (κ1) is 33.9. The first-order valence-corrected chi connectivity index (χ1v) is 14.1. The molecule has 4 amide bonds. The number of hydrogen-bond acceptors (Lipinski definition) is 7. The molecule has 44 heavy (non-hydrogen) atoms. The van der Waals surface area contributed by atoms with Crippen LogP contribution in [0.25, 0.3) is 10.8 Å². The number of rotatable bonds is 13. The Morgan fingerprint density at radius 3 is 2.73 bits per heavy atom. The molecule has 236 valence electrons. The number of benzene rings is 2. The number of aliphatic hydroxyl groups is 1. The Labute approximate surface area is 257 Å². The summed E-state index contributed by atoms with van der Waals surface area (Å²) in [6.07, 6.45) is 1.63. The summed E-state index contributed by atoms with van der Waals surface area (Å²) in [5.74, 6) is -1.06. The van der Waals surface area contributed by atoms with Gasteiger partial charge in [-0.3, -0.25) is 20.4 Å². The summed E-state index contributed by atoms with van der Waals surface area (Å²) in [5.41, 5.74) is 5.64. The zero-order valence-electron chi connectivity index (χ0n) is 24.0. The zero-order chi connectivity index (χ0) is 32.1. The zero-order valence-corrected chi connectivity index (χ0v) is 24.7. The van der Waals surface area contributed by atoms with E-state index in [0.29, 0.717) is 29.2 Å². The van der Waals surface area contributed by atoms with Gasteiger partial charge in [0.2, 0.25) is 5.91 Å². The van der Waals surface area contributed by atoms with Gasteiger partial charge in [-0.2, -0.15) is 0 Å². The summed E-state index contributed by atoms with van der Waals surface area (Å²) >= 11 is 6.03. The largest absolute Gasteiger partial charge is 0.447 e. The first-order chi connectivity index (χ1) is 21.1. The average Bonchev–Trinajstić information content (AvgIpc) is 2.99. The van der Waals surface area contributed by atoms with E-state index in [4.69, 9.17) is 27.2 Å². The lowest BCUT2D eigenvalue weighted by atomic mass is 10.1. The van der Waals surface area contributed by atoms with Crippen molar-refractivity contribution in [2.24, 2.45) is 10.7 Å². The van der Waals surface area contributed by atoms with Gasteiger partial charge in [-0.1, -0.05) is 23.7 Å². The van der Waals surface area contributed by atoms with Crippen LogP contribution in [0.3, 0.4) is 0 Å². The quantitative estimate of drug-likeness (QED) is 0.109. The molecule has 3 rings (SSSR count). The van der Waals surface area contributed by atoms with Gasteiger partial charge in [-0.05, 0) is 60.5 Å². The Morgan fingerprint density at radius 2 is 1.98 bits per heavy atom. The maximum absolute atomic E-state index is 13.8. The molecule has 0 spiro atoms. The van der Waals surface area contributed by atoms with Gasteiger partial charge in [0.25, 0.3) is 0 Å². The average molecular weight is 634 g/mol. The molecule has 15 heteroatoms. The van der Waals surface area contributed by atoms with Crippen LogP contribution in [0.15, 0.2) is 53.7 Å². The van der Waals surface area contributed by atoms with Gasteiger partial charge in [-0.25, -0.2) is 23.4 Å². The molecule has 0 fully saturated rings. The highest BCUT2D eigenvalue weighted by Crippen LogP contribution is 2.22. The SMILES string of the molecule is CN(C(=O)CCc1cccc(F)c1Cl)[C@@H](CCCN=C(NCCO)NC(N)=O)COC(=O)Nc1cc2cc(F)ccc2cn1. The van der Waals surface area contributed by atoms with Crippen LogP contribution in [0.5, 0.6) is 0 Å². The molecular formula is C29H34ClF2N7O5. The number of carbonyl (C=O) groups excluding carboxylic acids is 3. The summed E-state index contributed by atoms with van der Waals surface area (Å²) in [6, 6.07) is 8.66. The number of primary amides is 1. The van der Waals surface area contributed by atoms with Crippen molar-refractivity contribution in [2.45, 2.75) is 31.7 Å². The molecule has 1 atom stereocenters. The standard InChI is InChI=1S/C29H34ClF2N7O5/c1-39(25(41)10-8-18-4-2-6-23(32)26(18)30)22(5-3-11-34-28(35-12-13-40)38-27(33)42)17-44-29(43)37-24-15-20-14-21(31)9-7-19(20)16-36-24/h2,4,6-7,9,14-16,22,40H,3,5,8,10-13,17H2,1H3,(H,36,37,43)(H4,33,34,35,38,42)/t22-/m0/s1. The number of nitrogens with one attached hydrogen (secondary N) is 3. The van der Waals surface area contributed by atoms with E-state index in [0.717, 1.165) is 0 Å². The predicted octanol–water partition coefficient (Wildman–Crippen LogP) is 3.56. The molecule has 0 bridgehead atoms. The Balaban J connectivity index is 1.65. The number of pyridine rings is 1. The number of fused-ring (bicyclic) bond motifs is 1. The maximum atomic E-state index is 13.8. The number of nitrogens with two attached hydrogens (primary N) is 1. The Kier molecular flexibility index (Phi) is 13.0. The topological polar surface area (TPSA) is 171 Å². The van der Waals surface area contributed by atoms with Crippen LogP contribution in [0.4, 0.5) is 24.2 Å². The van der Waals surface area contributed by atoms with Crippen molar-refractivity contribution in [3.05, 3.63) is 70.9 Å². The van der Waals surface area contributed by atoms with Crippen LogP contribution in [-0.2, 0) is 16.0 Å². The number of urea groups is 1. The lowest BCUT2D eigenvalue weighted by Crippen LogP contribution is -2.44. The lowest BCUT2D eigenvalue weighted by molar-refractivity contribution is -0.132. The second-order valence-electron chi connectivity index (χ2n) is 9.67. The second kappa shape index (κ2) is 16.9. The lowest BCUT2D eigenvalue weighted by Gasteiger charge is -2.28. The molecule has 0 saturated carbocycles. The molecule has 12 nitrogen and oxygen atoms in total. The molecule has 1 heterocycles. The minimum Gasteiger partial charge on any atom is -0.447 e. The molecule has 0 aliphatic carbocycles. The van der Waals surface area contributed by atoms with Crippen LogP contribution >= 0.6 is 11.6 Å². The fourth-order valence-corrected chi connectivity index (χ4v) is 4.41. The monoisotopic (exact) mass is 633 g/mol. The van der Waals surface area contributed by atoms with Crippen LogP contribution in [-0.4, -0.2) is 78.4 Å². The third kappa shape index (κ3) is 10.6. The van der Waals surface area contributed by atoms with Crippen LogP contribution in [0, 0.1) is 11.6 Å². The molecule has 2 aromatic carbocycles. The van der Waals surface area contributed by atoms with E-state index in [1.165, 1.54) is 41.4 Å². The predicted molar refractivity (Wildman–Crippen MR) is 162 cm³/mol. The Bertz CT molecular complexity index is 1490. The van der Waals surface area contributed by atoms with Gasteiger partial charge in [0, 0.05) is 38.1 Å². The van der Waals surface area contributed by atoms with Gasteiger partial charge in [0.1, 0.15) is 24.1 Å². The minimum atomic E-state index is -0.832. The van der Waals surface area contributed by atoms with Crippen LogP contribution in [0.2, 0.25) is 5.02 Å². The van der Waals surface area contributed by atoms with Crippen molar-refractivity contribution in [3.8, 4) is 0 Å². The van der Waals surface area contributed by atoms with Crippen LogP contribution < -0.4 is 21.7 Å². The van der Waals surface area contributed by atoms with E-state index in [9.17, 15) is 23.2 Å². The molecule has 6 N–H and O–H groups in total. The normalized spacial score (nSPS) is 12.0. The van der Waals surface area contributed by atoms with E-state index in [1.807, 2.05) is 0 Å². The van der Waals surface area contributed by atoms with Gasteiger partial charge >= 0.3 is 12.1 Å². The van der Waals surface area contributed by atoms with E-state index >= 15 is 0 Å². The second-order valence-corrected chi connectivity index (χ2v) is 10.0. The number of hydrogen-bond donors (Lipinski definition) is 5. The molecular weight excluding hydrogens is 600 g/mol. The van der Waals surface area contributed by atoms with Crippen molar-refractivity contribution in [1.82, 2.24) is 20.5 Å². The minimum absolute atomic E-state index is 0.0237. The summed E-state index contributed by atoms with van der Waals surface area (Å²) in [6.45, 7) is -0.0380. The van der Waals surface area contributed by atoms with Gasteiger partial charge in [0.15, 0.2) is 5.96 Å².